The van der Waals surface area contributed by atoms with Crippen LogP contribution in [0.3, 0.4) is 0 Å². The Morgan fingerprint density at radius 3 is 2.64 bits per heavy atom. The second-order valence-electron chi connectivity index (χ2n) is 6.02. The molecule has 1 atom stereocenters. The first-order chi connectivity index (χ1) is 12.1. The molecule has 5 heteroatoms. The SMILES string of the molecule is CC(CCc1ccccc1)NC(=O)c1coc(-c2ccccc2N)n1. The summed E-state index contributed by atoms with van der Waals surface area (Å²) in [4.78, 5) is 16.6. The Balaban J connectivity index is 1.59. The van der Waals surface area contributed by atoms with Gasteiger partial charge in [-0.25, -0.2) is 4.98 Å². The van der Waals surface area contributed by atoms with E-state index in [2.05, 4.69) is 22.4 Å². The van der Waals surface area contributed by atoms with Gasteiger partial charge in [0.05, 0.1) is 5.56 Å². The van der Waals surface area contributed by atoms with Gasteiger partial charge in [0.1, 0.15) is 6.26 Å². The lowest BCUT2D eigenvalue weighted by Crippen LogP contribution is -2.33. The monoisotopic (exact) mass is 335 g/mol. The third kappa shape index (κ3) is 4.26. The van der Waals surface area contributed by atoms with Crippen LogP contribution in [0.5, 0.6) is 0 Å². The highest BCUT2D eigenvalue weighted by Crippen LogP contribution is 2.24. The number of carbonyl (C=O) groups is 1. The molecule has 0 fully saturated rings. The number of amides is 1. The Labute approximate surface area is 146 Å². The Morgan fingerprint density at radius 1 is 1.16 bits per heavy atom. The maximum Gasteiger partial charge on any atom is 0.273 e. The average Bonchev–Trinajstić information content (AvgIpc) is 3.11. The van der Waals surface area contributed by atoms with Crippen molar-refractivity contribution in [3.8, 4) is 11.5 Å². The summed E-state index contributed by atoms with van der Waals surface area (Å²) < 4.78 is 5.41. The third-order valence-corrected chi connectivity index (χ3v) is 4.01. The van der Waals surface area contributed by atoms with Gasteiger partial charge in [-0.2, -0.15) is 0 Å². The lowest BCUT2D eigenvalue weighted by Gasteiger charge is -2.12. The summed E-state index contributed by atoms with van der Waals surface area (Å²) in [6.45, 7) is 1.98. The van der Waals surface area contributed by atoms with Crippen molar-refractivity contribution in [3.05, 3.63) is 72.1 Å². The van der Waals surface area contributed by atoms with E-state index in [4.69, 9.17) is 10.2 Å². The van der Waals surface area contributed by atoms with Crippen molar-refractivity contribution < 1.29 is 9.21 Å². The van der Waals surface area contributed by atoms with Crippen molar-refractivity contribution in [1.29, 1.82) is 0 Å². The number of aromatic nitrogens is 1. The first-order valence-electron chi connectivity index (χ1n) is 8.28. The van der Waals surface area contributed by atoms with Gasteiger partial charge < -0.3 is 15.5 Å². The number of carbonyl (C=O) groups excluding carboxylic acids is 1. The van der Waals surface area contributed by atoms with Crippen LogP contribution in [0, 0.1) is 0 Å². The van der Waals surface area contributed by atoms with Crippen LogP contribution in [0.2, 0.25) is 0 Å². The number of hydrogen-bond donors (Lipinski definition) is 2. The van der Waals surface area contributed by atoms with Gasteiger partial charge in [0.25, 0.3) is 5.91 Å². The molecule has 0 aliphatic heterocycles. The molecule has 1 unspecified atom stereocenters. The molecule has 3 N–H and O–H groups in total. The Hall–Kier alpha value is -3.08. The number of nitrogens with zero attached hydrogens (tertiary/aromatic N) is 1. The van der Waals surface area contributed by atoms with E-state index in [-0.39, 0.29) is 17.6 Å². The molecule has 0 saturated carbocycles. The fraction of sp³-hybridized carbons (Fsp3) is 0.200. The van der Waals surface area contributed by atoms with E-state index in [0.717, 1.165) is 12.8 Å². The molecule has 0 radical (unpaired) electrons. The van der Waals surface area contributed by atoms with E-state index in [9.17, 15) is 4.79 Å². The normalized spacial score (nSPS) is 11.9. The van der Waals surface area contributed by atoms with Crippen LogP contribution < -0.4 is 11.1 Å². The van der Waals surface area contributed by atoms with E-state index in [0.29, 0.717) is 17.1 Å². The average molecular weight is 335 g/mol. The largest absolute Gasteiger partial charge is 0.444 e. The summed E-state index contributed by atoms with van der Waals surface area (Å²) in [6.07, 6.45) is 3.13. The van der Waals surface area contributed by atoms with Crippen LogP contribution in [-0.4, -0.2) is 16.9 Å². The van der Waals surface area contributed by atoms with Gasteiger partial charge in [0.15, 0.2) is 5.69 Å². The van der Waals surface area contributed by atoms with Crippen molar-refractivity contribution in [1.82, 2.24) is 10.3 Å². The minimum absolute atomic E-state index is 0.0367. The van der Waals surface area contributed by atoms with Crippen LogP contribution in [0.15, 0.2) is 65.3 Å². The summed E-state index contributed by atoms with van der Waals surface area (Å²) >= 11 is 0. The number of benzene rings is 2. The first-order valence-corrected chi connectivity index (χ1v) is 8.28. The summed E-state index contributed by atoms with van der Waals surface area (Å²) in [6, 6.07) is 17.5. The molecule has 1 aromatic heterocycles. The number of rotatable bonds is 6. The molecule has 1 amide bonds. The van der Waals surface area contributed by atoms with Crippen molar-refractivity contribution in [3.63, 3.8) is 0 Å². The molecular formula is C20H21N3O2. The van der Waals surface area contributed by atoms with Gasteiger partial charge in [-0.05, 0) is 37.5 Å². The number of nitrogens with two attached hydrogens (primary N) is 1. The fourth-order valence-corrected chi connectivity index (χ4v) is 2.59. The van der Waals surface area contributed by atoms with E-state index in [1.54, 1.807) is 6.07 Å². The highest BCUT2D eigenvalue weighted by Gasteiger charge is 2.16. The molecule has 3 aromatic rings. The Bertz CT molecular complexity index is 843. The number of nitrogen functional groups attached to an aromatic ring is 1. The van der Waals surface area contributed by atoms with Gasteiger partial charge >= 0.3 is 0 Å². The lowest BCUT2D eigenvalue weighted by molar-refractivity contribution is 0.0933. The minimum atomic E-state index is -0.245. The number of para-hydroxylation sites is 1. The molecule has 5 nitrogen and oxygen atoms in total. The van der Waals surface area contributed by atoms with Crippen molar-refractivity contribution in [2.75, 3.05) is 5.73 Å². The maximum absolute atomic E-state index is 12.3. The van der Waals surface area contributed by atoms with E-state index in [1.807, 2.05) is 43.3 Å². The Morgan fingerprint density at radius 2 is 1.88 bits per heavy atom. The molecular weight excluding hydrogens is 314 g/mol. The van der Waals surface area contributed by atoms with Crippen LogP contribution in [0.1, 0.15) is 29.4 Å². The van der Waals surface area contributed by atoms with Gasteiger partial charge in [-0.3, -0.25) is 4.79 Å². The third-order valence-electron chi connectivity index (χ3n) is 4.01. The lowest BCUT2D eigenvalue weighted by atomic mass is 10.1. The molecule has 2 aromatic carbocycles. The summed E-state index contributed by atoms with van der Waals surface area (Å²) in [5, 5.41) is 2.95. The van der Waals surface area contributed by atoms with E-state index in [1.165, 1.54) is 11.8 Å². The van der Waals surface area contributed by atoms with Crippen LogP contribution in [0.4, 0.5) is 5.69 Å². The highest BCUT2D eigenvalue weighted by molar-refractivity contribution is 5.92. The zero-order valence-electron chi connectivity index (χ0n) is 14.1. The van der Waals surface area contributed by atoms with Crippen molar-refractivity contribution in [2.45, 2.75) is 25.8 Å². The predicted octanol–water partition coefficient (Wildman–Crippen LogP) is 3.67. The summed E-state index contributed by atoms with van der Waals surface area (Å²) in [7, 11) is 0. The molecule has 25 heavy (non-hydrogen) atoms. The van der Waals surface area contributed by atoms with E-state index >= 15 is 0 Å². The van der Waals surface area contributed by atoms with Crippen molar-refractivity contribution >= 4 is 11.6 Å². The summed E-state index contributed by atoms with van der Waals surface area (Å²) in [5.74, 6) is 0.102. The standard InChI is InChI=1S/C20H21N3O2/c1-14(11-12-15-7-3-2-4-8-15)22-19(24)18-13-25-20(23-18)16-9-5-6-10-17(16)21/h2-10,13-14H,11-12,21H2,1H3,(H,22,24). The molecule has 0 bridgehead atoms. The van der Waals surface area contributed by atoms with E-state index < -0.39 is 0 Å². The number of aryl methyl sites for hydroxylation is 1. The number of anilines is 1. The van der Waals surface area contributed by atoms with Crippen LogP contribution in [0.25, 0.3) is 11.5 Å². The highest BCUT2D eigenvalue weighted by atomic mass is 16.3. The smallest absolute Gasteiger partial charge is 0.273 e. The molecule has 0 aliphatic carbocycles. The fourth-order valence-electron chi connectivity index (χ4n) is 2.59. The zero-order chi connectivity index (χ0) is 17.6. The molecule has 3 rings (SSSR count). The number of nitrogens with one attached hydrogen (secondary N) is 1. The quantitative estimate of drug-likeness (QED) is 0.673. The molecule has 0 aliphatic rings. The van der Waals surface area contributed by atoms with Crippen molar-refractivity contribution in [2.24, 2.45) is 0 Å². The first kappa shape index (κ1) is 16.8. The van der Waals surface area contributed by atoms with Crippen LogP contribution >= 0.6 is 0 Å². The van der Waals surface area contributed by atoms with Crippen LogP contribution in [-0.2, 0) is 6.42 Å². The zero-order valence-corrected chi connectivity index (χ0v) is 14.1. The molecule has 0 saturated heterocycles. The van der Waals surface area contributed by atoms with Gasteiger partial charge in [0.2, 0.25) is 5.89 Å². The van der Waals surface area contributed by atoms with Gasteiger partial charge in [-0.15, -0.1) is 0 Å². The maximum atomic E-state index is 12.3. The second-order valence-corrected chi connectivity index (χ2v) is 6.02. The summed E-state index contributed by atoms with van der Waals surface area (Å²) in [5.41, 5.74) is 8.67. The second kappa shape index (κ2) is 7.66. The Kier molecular flexibility index (Phi) is 5.14. The molecule has 1 heterocycles. The number of hydrogen-bond acceptors (Lipinski definition) is 4. The predicted molar refractivity (Wildman–Crippen MR) is 98.0 cm³/mol. The van der Waals surface area contributed by atoms with Gasteiger partial charge in [0, 0.05) is 11.7 Å². The topological polar surface area (TPSA) is 81.2 Å². The minimum Gasteiger partial charge on any atom is -0.444 e. The van der Waals surface area contributed by atoms with Gasteiger partial charge in [-0.1, -0.05) is 42.5 Å². The number of oxazole rings is 1. The molecule has 0 spiro atoms. The molecule has 128 valence electrons.